The lowest BCUT2D eigenvalue weighted by atomic mass is 10.3. The minimum absolute atomic E-state index is 0.0895. The van der Waals surface area contributed by atoms with Crippen molar-refractivity contribution in [1.82, 2.24) is 4.24 Å². The molecule has 0 aliphatic carbocycles. The molecule has 0 heterocycles. The van der Waals surface area contributed by atoms with Gasteiger partial charge < -0.3 is 5.73 Å². The van der Waals surface area contributed by atoms with Crippen LogP contribution in [0.3, 0.4) is 0 Å². The first-order valence-corrected chi connectivity index (χ1v) is 4.90. The smallest absolute Gasteiger partial charge is 0.253 e. The van der Waals surface area contributed by atoms with Crippen LogP contribution < -0.4 is 9.97 Å². The number of hydrogen-bond donors (Lipinski definition) is 2. The number of rotatable bonds is 2. The summed E-state index contributed by atoms with van der Waals surface area (Å²) in [6.45, 7) is 0. The molecule has 0 saturated carbocycles. The van der Waals surface area contributed by atoms with E-state index in [2.05, 4.69) is 0 Å². The maximum absolute atomic E-state index is 11.0. The number of anilines is 1. The number of hydrogen-bond acceptors (Lipinski definition) is 3. The van der Waals surface area contributed by atoms with Gasteiger partial charge in [-0.05, 0) is 36.0 Å². The van der Waals surface area contributed by atoms with Crippen LogP contribution in [0.15, 0.2) is 29.2 Å². The van der Waals surface area contributed by atoms with Crippen molar-refractivity contribution in [2.24, 2.45) is 0 Å². The Morgan fingerprint density at radius 1 is 1.25 bits per heavy atom. The lowest BCUT2D eigenvalue weighted by Crippen LogP contribution is -2.13. The molecule has 1 rings (SSSR count). The lowest BCUT2D eigenvalue weighted by molar-refractivity contribution is 0.594. The number of sulfonamides is 1. The molecule has 0 atom stereocenters. The molecular formula is C6H7ClN2O2S. The summed E-state index contributed by atoms with van der Waals surface area (Å²) in [4.78, 5) is 0.0895. The van der Waals surface area contributed by atoms with Crippen molar-refractivity contribution < 1.29 is 8.42 Å². The molecule has 1 aromatic carbocycles. The zero-order chi connectivity index (χ0) is 9.19. The predicted molar refractivity (Wildman–Crippen MR) is 47.0 cm³/mol. The van der Waals surface area contributed by atoms with Crippen LogP contribution in [0.5, 0.6) is 0 Å². The second-order valence-corrected chi connectivity index (χ2v) is 4.25. The maximum Gasteiger partial charge on any atom is 0.253 e. The van der Waals surface area contributed by atoms with Crippen LogP contribution in [0.2, 0.25) is 0 Å². The fourth-order valence-corrected chi connectivity index (χ4v) is 1.54. The standard InChI is InChI=1S/C6H7ClN2O2S/c7-9-12(10,11)6-3-1-5(8)2-4-6/h1-4,9H,8H2. The van der Waals surface area contributed by atoms with Crippen LogP contribution in [-0.4, -0.2) is 8.42 Å². The van der Waals surface area contributed by atoms with Gasteiger partial charge in [0.15, 0.2) is 0 Å². The van der Waals surface area contributed by atoms with Crippen LogP contribution in [0.25, 0.3) is 0 Å². The van der Waals surface area contributed by atoms with Crippen molar-refractivity contribution in [2.75, 3.05) is 5.73 Å². The summed E-state index contributed by atoms with van der Waals surface area (Å²) in [5.41, 5.74) is 5.87. The summed E-state index contributed by atoms with van der Waals surface area (Å²) in [5, 5.41) is 0. The second-order valence-electron chi connectivity index (χ2n) is 2.15. The van der Waals surface area contributed by atoms with Gasteiger partial charge in [-0.15, -0.1) is 4.24 Å². The molecule has 3 N–H and O–H groups in total. The fraction of sp³-hybridized carbons (Fsp3) is 0. The average molecular weight is 207 g/mol. The molecule has 0 aromatic heterocycles. The average Bonchev–Trinajstić information content (AvgIpc) is 2.05. The van der Waals surface area contributed by atoms with Gasteiger partial charge >= 0.3 is 0 Å². The van der Waals surface area contributed by atoms with Crippen LogP contribution in [0, 0.1) is 0 Å². The molecule has 0 bridgehead atoms. The number of nitrogens with two attached hydrogens (primary N) is 1. The molecule has 0 amide bonds. The highest BCUT2D eigenvalue weighted by atomic mass is 35.5. The third-order valence-electron chi connectivity index (χ3n) is 1.29. The summed E-state index contributed by atoms with van der Waals surface area (Å²) in [5.74, 6) is 0. The Morgan fingerprint density at radius 3 is 2.17 bits per heavy atom. The van der Waals surface area contributed by atoms with Gasteiger partial charge in [-0.2, -0.15) is 0 Å². The van der Waals surface area contributed by atoms with Crippen LogP contribution in [0.4, 0.5) is 5.69 Å². The zero-order valence-corrected chi connectivity index (χ0v) is 7.56. The third kappa shape index (κ3) is 1.88. The lowest BCUT2D eigenvalue weighted by Gasteiger charge is -1.99. The van der Waals surface area contributed by atoms with Crippen LogP contribution >= 0.6 is 11.8 Å². The van der Waals surface area contributed by atoms with Crippen LogP contribution in [0.1, 0.15) is 0 Å². The zero-order valence-electron chi connectivity index (χ0n) is 5.99. The van der Waals surface area contributed by atoms with E-state index in [0.717, 1.165) is 0 Å². The molecule has 0 radical (unpaired) electrons. The third-order valence-corrected chi connectivity index (χ3v) is 3.00. The predicted octanol–water partition coefficient (Wildman–Crippen LogP) is 0.701. The summed E-state index contributed by atoms with van der Waals surface area (Å²) in [7, 11) is -3.56. The van der Waals surface area contributed by atoms with Gasteiger partial charge in [0.1, 0.15) is 0 Å². The quantitative estimate of drug-likeness (QED) is 0.553. The van der Waals surface area contributed by atoms with Gasteiger partial charge in [0, 0.05) is 5.69 Å². The van der Waals surface area contributed by atoms with E-state index in [4.69, 9.17) is 17.5 Å². The molecule has 1 aromatic rings. The van der Waals surface area contributed by atoms with Crippen molar-refractivity contribution in [3.8, 4) is 0 Å². The largest absolute Gasteiger partial charge is 0.399 e. The Hall–Kier alpha value is -0.780. The van der Waals surface area contributed by atoms with E-state index in [0.29, 0.717) is 5.69 Å². The van der Waals surface area contributed by atoms with Crippen molar-refractivity contribution in [3.63, 3.8) is 0 Å². The van der Waals surface area contributed by atoms with Crippen molar-refractivity contribution in [1.29, 1.82) is 0 Å². The molecule has 4 nitrogen and oxygen atoms in total. The highest BCUT2D eigenvalue weighted by molar-refractivity contribution is 7.90. The van der Waals surface area contributed by atoms with Gasteiger partial charge in [-0.3, -0.25) is 0 Å². The molecule has 0 unspecified atom stereocenters. The van der Waals surface area contributed by atoms with Gasteiger partial charge in [0.25, 0.3) is 10.0 Å². The summed E-state index contributed by atoms with van der Waals surface area (Å²) >= 11 is 5.00. The van der Waals surface area contributed by atoms with Crippen LogP contribution in [-0.2, 0) is 10.0 Å². The second kappa shape index (κ2) is 3.30. The van der Waals surface area contributed by atoms with E-state index in [1.54, 1.807) is 4.24 Å². The first-order chi connectivity index (χ1) is 5.56. The van der Waals surface area contributed by atoms with Crippen molar-refractivity contribution >= 4 is 27.5 Å². The van der Waals surface area contributed by atoms with Gasteiger partial charge in [0.2, 0.25) is 0 Å². The Morgan fingerprint density at radius 2 is 1.75 bits per heavy atom. The van der Waals surface area contributed by atoms with E-state index in [1.165, 1.54) is 24.3 Å². The molecule has 12 heavy (non-hydrogen) atoms. The van der Waals surface area contributed by atoms with Crippen molar-refractivity contribution in [3.05, 3.63) is 24.3 Å². The SMILES string of the molecule is Nc1ccc(S(=O)(=O)NCl)cc1. The number of nitrogen functional groups attached to an aromatic ring is 1. The first-order valence-electron chi connectivity index (χ1n) is 3.04. The van der Waals surface area contributed by atoms with E-state index in [1.807, 2.05) is 0 Å². The molecule has 66 valence electrons. The van der Waals surface area contributed by atoms with Gasteiger partial charge in [-0.1, -0.05) is 0 Å². The monoisotopic (exact) mass is 206 g/mol. The van der Waals surface area contributed by atoms with E-state index in [9.17, 15) is 8.42 Å². The molecule has 0 aliphatic rings. The van der Waals surface area contributed by atoms with E-state index in [-0.39, 0.29) is 4.90 Å². The van der Waals surface area contributed by atoms with Crippen molar-refractivity contribution in [2.45, 2.75) is 4.90 Å². The van der Waals surface area contributed by atoms with E-state index >= 15 is 0 Å². The maximum atomic E-state index is 11.0. The normalized spacial score (nSPS) is 11.4. The molecule has 0 saturated heterocycles. The first kappa shape index (κ1) is 9.31. The molecule has 0 spiro atoms. The molecule has 0 fully saturated rings. The summed E-state index contributed by atoms with van der Waals surface area (Å²) < 4.78 is 23.7. The molecule has 0 aliphatic heterocycles. The summed E-state index contributed by atoms with van der Waals surface area (Å²) in [6, 6.07) is 5.72. The highest BCUT2D eigenvalue weighted by Gasteiger charge is 2.10. The topological polar surface area (TPSA) is 72.2 Å². The Kier molecular flexibility index (Phi) is 2.56. The van der Waals surface area contributed by atoms with E-state index < -0.39 is 10.0 Å². The Bertz CT molecular complexity index is 360. The molecular weight excluding hydrogens is 200 g/mol. The fourth-order valence-electron chi connectivity index (χ4n) is 0.692. The Labute approximate surface area is 75.5 Å². The Balaban J connectivity index is 3.14. The highest BCUT2D eigenvalue weighted by Crippen LogP contribution is 2.11. The number of halogens is 1. The molecule has 6 heteroatoms. The summed E-state index contributed by atoms with van der Waals surface area (Å²) in [6.07, 6.45) is 0. The minimum Gasteiger partial charge on any atom is -0.399 e. The van der Waals surface area contributed by atoms with Gasteiger partial charge in [0.05, 0.1) is 4.90 Å². The number of nitrogens with one attached hydrogen (secondary N) is 1. The number of benzene rings is 1. The van der Waals surface area contributed by atoms with Gasteiger partial charge in [-0.25, -0.2) is 8.42 Å². The minimum atomic E-state index is -3.56.